The molecular formula is C11H15NO. The van der Waals surface area contributed by atoms with E-state index in [-0.39, 0.29) is 6.04 Å². The Hall–Kier alpha value is -1.15. The Morgan fingerprint density at radius 2 is 1.92 bits per heavy atom. The predicted octanol–water partition coefficient (Wildman–Crippen LogP) is 1.36. The number of aldehydes is 1. The predicted molar refractivity (Wildman–Crippen MR) is 53.7 cm³/mol. The molecule has 1 atom stereocenters. The lowest BCUT2D eigenvalue weighted by Crippen LogP contribution is -2.31. The van der Waals surface area contributed by atoms with Gasteiger partial charge in [0, 0.05) is 0 Å². The molecule has 1 aromatic rings. The van der Waals surface area contributed by atoms with E-state index < -0.39 is 0 Å². The van der Waals surface area contributed by atoms with E-state index in [2.05, 4.69) is 0 Å². The van der Waals surface area contributed by atoms with Gasteiger partial charge in [-0.25, -0.2) is 0 Å². The molecule has 2 heteroatoms. The van der Waals surface area contributed by atoms with Gasteiger partial charge < -0.3 is 4.79 Å². The Bertz CT molecular complexity index is 256. The first-order valence-corrected chi connectivity index (χ1v) is 4.39. The molecule has 0 aliphatic rings. The summed E-state index contributed by atoms with van der Waals surface area (Å²) in [5, 5.41) is 0. The van der Waals surface area contributed by atoms with Gasteiger partial charge in [0.05, 0.1) is 6.04 Å². The molecule has 0 saturated heterocycles. The number of nitrogens with zero attached hydrogens (tertiary/aromatic N) is 1. The molecule has 0 amide bonds. The number of hydrogen-bond donors (Lipinski definition) is 0. The van der Waals surface area contributed by atoms with Crippen LogP contribution in [0.5, 0.6) is 0 Å². The average Bonchev–Trinajstić information content (AvgIpc) is 2.15. The Morgan fingerprint density at radius 3 is 2.38 bits per heavy atom. The molecule has 0 fully saturated rings. The third-order valence-corrected chi connectivity index (χ3v) is 2.11. The van der Waals surface area contributed by atoms with E-state index >= 15 is 0 Å². The van der Waals surface area contributed by atoms with Crippen LogP contribution < -0.4 is 0 Å². The van der Waals surface area contributed by atoms with Crippen LogP contribution in [0.4, 0.5) is 0 Å². The first kappa shape index (κ1) is 9.93. The minimum absolute atomic E-state index is 0.0117. The molecule has 0 N–H and O–H groups in total. The summed E-state index contributed by atoms with van der Waals surface area (Å²) >= 11 is 0. The molecule has 1 aromatic carbocycles. The highest BCUT2D eigenvalue weighted by molar-refractivity contribution is 5.58. The zero-order chi connectivity index (χ0) is 9.68. The van der Waals surface area contributed by atoms with Crippen LogP contribution in [0.25, 0.3) is 0 Å². The van der Waals surface area contributed by atoms with Crippen molar-refractivity contribution < 1.29 is 4.79 Å². The fraction of sp³-hybridized carbons (Fsp3) is 0.364. The van der Waals surface area contributed by atoms with Crippen LogP contribution in [0.1, 0.15) is 5.56 Å². The molecule has 13 heavy (non-hydrogen) atoms. The van der Waals surface area contributed by atoms with Crippen LogP contribution >= 0.6 is 0 Å². The number of hydrogen-bond acceptors (Lipinski definition) is 2. The summed E-state index contributed by atoms with van der Waals surface area (Å²) in [5.74, 6) is 0. The van der Waals surface area contributed by atoms with E-state index in [9.17, 15) is 4.79 Å². The highest BCUT2D eigenvalue weighted by Crippen LogP contribution is 2.04. The van der Waals surface area contributed by atoms with Crippen molar-refractivity contribution in [1.82, 2.24) is 4.90 Å². The van der Waals surface area contributed by atoms with Gasteiger partial charge in [-0.3, -0.25) is 4.90 Å². The van der Waals surface area contributed by atoms with Crippen molar-refractivity contribution in [1.29, 1.82) is 0 Å². The van der Waals surface area contributed by atoms with Gasteiger partial charge in [-0.2, -0.15) is 0 Å². The fourth-order valence-electron chi connectivity index (χ4n) is 1.21. The second-order valence-electron chi connectivity index (χ2n) is 3.36. The summed E-state index contributed by atoms with van der Waals surface area (Å²) in [6.07, 6.45) is 1.78. The van der Waals surface area contributed by atoms with Gasteiger partial charge in [0.1, 0.15) is 6.29 Å². The van der Waals surface area contributed by atoms with Crippen molar-refractivity contribution in [2.24, 2.45) is 0 Å². The standard InChI is InChI=1S/C11H15NO/c1-12(2)11(9-13)8-10-6-4-3-5-7-10/h3-7,9,11H,8H2,1-2H3. The minimum atomic E-state index is -0.0117. The lowest BCUT2D eigenvalue weighted by Gasteiger charge is -2.17. The van der Waals surface area contributed by atoms with Crippen molar-refractivity contribution >= 4 is 6.29 Å². The maximum absolute atomic E-state index is 10.7. The van der Waals surface area contributed by atoms with Gasteiger partial charge in [0.25, 0.3) is 0 Å². The summed E-state index contributed by atoms with van der Waals surface area (Å²) in [6, 6.07) is 10.0. The van der Waals surface area contributed by atoms with Crippen molar-refractivity contribution in [3.63, 3.8) is 0 Å². The van der Waals surface area contributed by atoms with Gasteiger partial charge in [-0.05, 0) is 26.1 Å². The number of benzene rings is 1. The maximum Gasteiger partial charge on any atom is 0.137 e. The number of likely N-dealkylation sites (N-methyl/N-ethyl adjacent to an activating group) is 1. The second kappa shape index (κ2) is 4.77. The van der Waals surface area contributed by atoms with Crippen LogP contribution in [0.15, 0.2) is 30.3 Å². The van der Waals surface area contributed by atoms with Crippen molar-refractivity contribution in [2.45, 2.75) is 12.5 Å². The zero-order valence-corrected chi connectivity index (χ0v) is 8.10. The monoisotopic (exact) mass is 177 g/mol. The van der Waals surface area contributed by atoms with Crippen LogP contribution in [0.2, 0.25) is 0 Å². The smallest absolute Gasteiger partial charge is 0.137 e. The van der Waals surface area contributed by atoms with E-state index in [4.69, 9.17) is 0 Å². The van der Waals surface area contributed by atoms with Crippen LogP contribution in [-0.4, -0.2) is 31.3 Å². The molecule has 0 heterocycles. The topological polar surface area (TPSA) is 20.3 Å². The summed E-state index contributed by atoms with van der Waals surface area (Å²) in [4.78, 5) is 12.6. The molecular weight excluding hydrogens is 162 g/mol. The molecule has 0 saturated carbocycles. The molecule has 70 valence electrons. The SMILES string of the molecule is CN(C)C(C=O)Cc1ccccc1. The Morgan fingerprint density at radius 1 is 1.31 bits per heavy atom. The Labute approximate surface area is 79.2 Å². The Kier molecular flexibility index (Phi) is 3.65. The van der Waals surface area contributed by atoms with E-state index in [0.717, 1.165) is 12.7 Å². The second-order valence-corrected chi connectivity index (χ2v) is 3.36. The summed E-state index contributed by atoms with van der Waals surface area (Å²) < 4.78 is 0. The first-order valence-electron chi connectivity index (χ1n) is 4.39. The van der Waals surface area contributed by atoms with Crippen molar-refractivity contribution in [2.75, 3.05) is 14.1 Å². The zero-order valence-electron chi connectivity index (χ0n) is 8.10. The van der Waals surface area contributed by atoms with Gasteiger partial charge in [-0.1, -0.05) is 30.3 Å². The first-order chi connectivity index (χ1) is 6.24. The molecule has 0 aromatic heterocycles. The molecule has 0 aliphatic carbocycles. The molecule has 0 aliphatic heterocycles. The third-order valence-electron chi connectivity index (χ3n) is 2.11. The van der Waals surface area contributed by atoms with Crippen LogP contribution in [-0.2, 0) is 11.2 Å². The lowest BCUT2D eigenvalue weighted by atomic mass is 10.1. The molecule has 2 nitrogen and oxygen atoms in total. The van der Waals surface area contributed by atoms with Gasteiger partial charge in [0.15, 0.2) is 0 Å². The van der Waals surface area contributed by atoms with E-state index in [1.807, 2.05) is 49.3 Å². The maximum atomic E-state index is 10.7. The third kappa shape index (κ3) is 2.99. The van der Waals surface area contributed by atoms with Crippen molar-refractivity contribution in [3.05, 3.63) is 35.9 Å². The highest BCUT2D eigenvalue weighted by atomic mass is 16.1. The summed E-state index contributed by atoms with van der Waals surface area (Å²) in [5.41, 5.74) is 1.20. The van der Waals surface area contributed by atoms with Gasteiger partial charge >= 0.3 is 0 Å². The minimum Gasteiger partial charge on any atom is -0.302 e. The Balaban J connectivity index is 2.62. The molecule has 0 bridgehead atoms. The van der Waals surface area contributed by atoms with Gasteiger partial charge in [-0.15, -0.1) is 0 Å². The molecule has 0 spiro atoms. The fourth-order valence-corrected chi connectivity index (χ4v) is 1.21. The highest BCUT2D eigenvalue weighted by Gasteiger charge is 2.09. The van der Waals surface area contributed by atoms with E-state index in [1.54, 1.807) is 0 Å². The number of rotatable bonds is 4. The molecule has 0 radical (unpaired) electrons. The van der Waals surface area contributed by atoms with Gasteiger partial charge in [0.2, 0.25) is 0 Å². The quantitative estimate of drug-likeness (QED) is 0.647. The van der Waals surface area contributed by atoms with E-state index in [1.165, 1.54) is 5.56 Å². The average molecular weight is 177 g/mol. The van der Waals surface area contributed by atoms with E-state index in [0.29, 0.717) is 0 Å². The van der Waals surface area contributed by atoms with Crippen molar-refractivity contribution in [3.8, 4) is 0 Å². The normalized spacial score (nSPS) is 12.8. The molecule has 1 rings (SSSR count). The molecule has 1 unspecified atom stereocenters. The largest absolute Gasteiger partial charge is 0.302 e. The summed E-state index contributed by atoms with van der Waals surface area (Å²) in [7, 11) is 3.84. The number of carbonyl (C=O) groups is 1. The number of carbonyl (C=O) groups excluding carboxylic acids is 1. The summed E-state index contributed by atoms with van der Waals surface area (Å²) in [6.45, 7) is 0. The van der Waals surface area contributed by atoms with Crippen LogP contribution in [0, 0.1) is 0 Å². The van der Waals surface area contributed by atoms with Crippen LogP contribution in [0.3, 0.4) is 0 Å². The lowest BCUT2D eigenvalue weighted by molar-refractivity contribution is -0.111.